The molecule has 6 rings (SSSR count). The Morgan fingerprint density at radius 2 is 1.71 bits per heavy atom. The number of H-pyrrole nitrogens is 1. The number of fused-ring (bicyclic) bond motifs is 2. The molecule has 6 N–H and O–H groups in total. The number of benzene rings is 2. The van der Waals surface area contributed by atoms with Crippen molar-refractivity contribution in [1.29, 1.82) is 0 Å². The first-order valence-corrected chi connectivity index (χ1v) is 25.7. The number of rotatable bonds is 16. The lowest BCUT2D eigenvalue weighted by atomic mass is 9.64. The number of carbonyl (C=O) groups excluding carboxylic acids is 2. The summed E-state index contributed by atoms with van der Waals surface area (Å²) in [5, 5.41) is 2.67. The van der Waals surface area contributed by atoms with Crippen molar-refractivity contribution in [3.8, 4) is 11.8 Å². The summed E-state index contributed by atoms with van der Waals surface area (Å²) in [6, 6.07) is 14.0. The van der Waals surface area contributed by atoms with E-state index in [1.165, 1.54) is 0 Å². The zero-order valence-electron chi connectivity index (χ0n) is 38.4. The minimum Gasteiger partial charge on any atom is -0.378 e. The molecule has 3 aromatic rings. The van der Waals surface area contributed by atoms with Crippen LogP contribution in [0.5, 0.6) is 0 Å². The first kappa shape index (κ1) is 52.1. The van der Waals surface area contributed by atoms with Gasteiger partial charge >= 0.3 is 29.2 Å². The lowest BCUT2D eigenvalue weighted by Gasteiger charge is -2.39. The van der Waals surface area contributed by atoms with Crippen LogP contribution in [0.15, 0.2) is 87.6 Å². The number of anilines is 1. The number of hydrogen-bond acceptors (Lipinski definition) is 12. The second-order valence-corrected chi connectivity index (χ2v) is 21.5. The zero-order chi connectivity index (χ0) is 49.9. The third-order valence-corrected chi connectivity index (χ3v) is 15.2. The summed E-state index contributed by atoms with van der Waals surface area (Å²) >= 11 is 0. The van der Waals surface area contributed by atoms with E-state index >= 15 is 0 Å². The van der Waals surface area contributed by atoms with E-state index in [1.54, 1.807) is 11.9 Å². The average Bonchev–Trinajstić information content (AvgIpc) is 3.72. The second kappa shape index (κ2) is 20.7. The quantitative estimate of drug-likeness (QED) is 0.0673. The summed E-state index contributed by atoms with van der Waals surface area (Å²) in [6.07, 6.45) is 6.31. The number of phosphoric ester groups is 1. The van der Waals surface area contributed by atoms with Gasteiger partial charge in [0.05, 0.1) is 19.3 Å². The van der Waals surface area contributed by atoms with Crippen molar-refractivity contribution in [2.75, 3.05) is 59.8 Å². The molecule has 3 aliphatic rings. The van der Waals surface area contributed by atoms with Crippen molar-refractivity contribution >= 4 is 52.3 Å². The van der Waals surface area contributed by atoms with E-state index in [0.29, 0.717) is 12.0 Å². The number of aromatic amines is 1. The van der Waals surface area contributed by atoms with E-state index in [4.69, 9.17) is 14.5 Å². The number of hydrogen-bond donors (Lipinski definition) is 6. The standard InChI is InChI=1S/C44H53N6O15P3/c1-44(2)36-24-29(47(3)4)16-19-34(36)40(35-20-17-30(48(5)6)25-37(35)44)32-13-8-9-14-33(32)42(53)49(7)23-11-15-38(51)45-22-10-12-28-26-50(43(54)46-41(28)52)39-21-18-31(63-39)27-62-67(58,59)65-68(60,61)64-66(55,56)57/h8-9,13-14,16-17,19-20,24-26,31,39H,11,15,18,21-23,27H2,1-7H3,(H5-,45,46,51,52,54,55,56,57,58,59,60,61)/p+1/t31-,39+/m0/s1. The number of aromatic nitrogens is 2. The zero-order valence-corrected chi connectivity index (χ0v) is 41.0. The maximum Gasteiger partial charge on any atom is 0.490 e. The molecule has 1 fully saturated rings. The highest BCUT2D eigenvalue weighted by molar-refractivity contribution is 7.66. The molecule has 2 heterocycles. The highest BCUT2D eigenvalue weighted by Gasteiger charge is 2.42. The molecule has 364 valence electrons. The van der Waals surface area contributed by atoms with E-state index in [0.717, 1.165) is 55.6 Å². The minimum absolute atomic E-state index is 0.0737. The van der Waals surface area contributed by atoms with E-state index in [2.05, 4.69) is 95.0 Å². The van der Waals surface area contributed by atoms with Gasteiger partial charge in [0.2, 0.25) is 5.91 Å². The van der Waals surface area contributed by atoms with Crippen LogP contribution in [0.25, 0.3) is 5.57 Å². The van der Waals surface area contributed by atoms with Crippen molar-refractivity contribution < 1.29 is 65.3 Å². The van der Waals surface area contributed by atoms with Crippen molar-refractivity contribution in [1.82, 2.24) is 19.8 Å². The van der Waals surface area contributed by atoms with Gasteiger partial charge in [-0.1, -0.05) is 50.0 Å². The van der Waals surface area contributed by atoms with Gasteiger partial charge in [0.15, 0.2) is 5.71 Å². The molecule has 1 aliphatic heterocycles. The Kier molecular flexibility index (Phi) is 15.9. The largest absolute Gasteiger partial charge is 0.490 e. The van der Waals surface area contributed by atoms with E-state index in [1.807, 2.05) is 52.5 Å². The number of carbonyl (C=O) groups is 2. The van der Waals surface area contributed by atoms with Crippen LogP contribution in [-0.4, -0.2) is 117 Å². The predicted molar refractivity (Wildman–Crippen MR) is 251 cm³/mol. The van der Waals surface area contributed by atoms with Crippen molar-refractivity contribution in [2.24, 2.45) is 0 Å². The van der Waals surface area contributed by atoms with Crippen LogP contribution in [-0.2, 0) is 41.8 Å². The topological polar surface area (TPSA) is 280 Å². The van der Waals surface area contributed by atoms with Crippen molar-refractivity contribution in [3.05, 3.63) is 127 Å². The first-order chi connectivity index (χ1) is 31.8. The number of ether oxygens (including phenoxy) is 1. The normalized spacial score (nSPS) is 19.1. The SMILES string of the molecule is CN(CCCC(=O)NCC#Cc1cn([C@H]2CC[C@@H](COP(=O)(O)OP(=O)(O)OP(=O)(O)O)O2)c(=O)[nH]c1=O)C(=O)c1ccccc1C1=C2C=CC(=[N+](C)C)C=C2C(C)(C)c2cc(N(C)C)ccc21. The van der Waals surface area contributed by atoms with Gasteiger partial charge in [0.25, 0.3) is 11.5 Å². The smallest absolute Gasteiger partial charge is 0.378 e. The van der Waals surface area contributed by atoms with Crippen LogP contribution in [0.3, 0.4) is 0 Å². The first-order valence-electron chi connectivity index (χ1n) is 21.2. The molecule has 4 atom stereocenters. The fraction of sp³-hybridized carbons (Fsp3) is 0.386. The molecule has 2 aromatic carbocycles. The number of nitrogens with one attached hydrogen (secondary N) is 2. The van der Waals surface area contributed by atoms with Crippen LogP contribution in [0.4, 0.5) is 5.69 Å². The Bertz CT molecular complexity index is 2970. The monoisotopic (exact) mass is 999 g/mol. The molecule has 0 radical (unpaired) electrons. The van der Waals surface area contributed by atoms with Crippen molar-refractivity contribution in [2.45, 2.75) is 57.3 Å². The highest BCUT2D eigenvalue weighted by atomic mass is 31.3. The molecule has 0 saturated carbocycles. The van der Waals surface area contributed by atoms with Gasteiger partial charge in [0.1, 0.15) is 25.9 Å². The van der Waals surface area contributed by atoms with Gasteiger partial charge in [-0.15, -0.1) is 0 Å². The van der Waals surface area contributed by atoms with Gasteiger partial charge in [-0.3, -0.25) is 28.5 Å². The molecule has 21 nitrogen and oxygen atoms in total. The Morgan fingerprint density at radius 3 is 2.40 bits per heavy atom. The summed E-state index contributed by atoms with van der Waals surface area (Å²) in [5.41, 5.74) is 6.70. The summed E-state index contributed by atoms with van der Waals surface area (Å²) in [4.78, 5) is 94.5. The highest BCUT2D eigenvalue weighted by Crippen LogP contribution is 2.66. The molecule has 2 unspecified atom stereocenters. The number of allylic oxidation sites excluding steroid dienone is 5. The van der Waals surface area contributed by atoms with Gasteiger partial charge in [-0.05, 0) is 76.9 Å². The van der Waals surface area contributed by atoms with Gasteiger partial charge < -0.3 is 39.4 Å². The maximum absolute atomic E-state index is 14.2. The van der Waals surface area contributed by atoms with E-state index in [-0.39, 0.29) is 55.1 Å². The summed E-state index contributed by atoms with van der Waals surface area (Å²) in [6.45, 7) is 3.88. The van der Waals surface area contributed by atoms with Crippen LogP contribution in [0.1, 0.15) is 78.4 Å². The third kappa shape index (κ3) is 12.5. The fourth-order valence-electron chi connectivity index (χ4n) is 8.00. The third-order valence-electron chi connectivity index (χ3n) is 11.4. The van der Waals surface area contributed by atoms with Gasteiger partial charge in [-0.25, -0.2) is 23.1 Å². The molecule has 2 amide bonds. The molecule has 24 heteroatoms. The van der Waals surface area contributed by atoms with Crippen LogP contribution in [0, 0.1) is 11.8 Å². The Morgan fingerprint density at radius 1 is 0.985 bits per heavy atom. The van der Waals surface area contributed by atoms with Crippen LogP contribution >= 0.6 is 23.5 Å². The molecule has 1 aromatic heterocycles. The van der Waals surface area contributed by atoms with Crippen LogP contribution in [0.2, 0.25) is 0 Å². The Balaban J connectivity index is 1.06. The Hall–Kier alpha value is -5.32. The molecule has 2 aliphatic carbocycles. The lowest BCUT2D eigenvalue weighted by molar-refractivity contribution is -0.462. The molecular formula is C44H54N6O15P3+. The molecule has 68 heavy (non-hydrogen) atoms. The van der Waals surface area contributed by atoms with Gasteiger partial charge in [0, 0.05) is 69.1 Å². The number of amides is 2. The number of nitrogens with zero attached hydrogens (tertiary/aromatic N) is 4. The fourth-order valence-corrected chi connectivity index (χ4v) is 11.0. The maximum atomic E-state index is 14.2. The van der Waals surface area contributed by atoms with E-state index < -0.39 is 53.7 Å². The Labute approximate surface area is 391 Å². The molecule has 0 spiro atoms. The summed E-state index contributed by atoms with van der Waals surface area (Å²) < 4.78 is 55.3. The van der Waals surface area contributed by atoms with Gasteiger partial charge in [-0.2, -0.15) is 8.62 Å². The summed E-state index contributed by atoms with van der Waals surface area (Å²) in [5.74, 6) is 4.75. The second-order valence-electron chi connectivity index (χ2n) is 17.1. The molecule has 1 saturated heterocycles. The van der Waals surface area contributed by atoms with E-state index in [9.17, 15) is 42.7 Å². The molecular weight excluding hydrogens is 945 g/mol. The minimum atomic E-state index is -5.71. The predicted octanol–water partition coefficient (Wildman–Crippen LogP) is 3.95. The lowest BCUT2D eigenvalue weighted by Crippen LogP contribution is -2.34. The number of phosphoric acid groups is 3. The van der Waals surface area contributed by atoms with Crippen LogP contribution < -0.4 is 21.5 Å². The average molecular weight is 1000 g/mol. The van der Waals surface area contributed by atoms with Crippen molar-refractivity contribution in [3.63, 3.8) is 0 Å². The summed E-state index contributed by atoms with van der Waals surface area (Å²) in [7, 11) is -6.93. The molecule has 0 bridgehead atoms.